The fourth-order valence-corrected chi connectivity index (χ4v) is 1.54. The zero-order valence-corrected chi connectivity index (χ0v) is 11.2. The Bertz CT molecular complexity index is 355. The predicted octanol–water partition coefficient (Wildman–Crippen LogP) is 0.0635. The van der Waals surface area contributed by atoms with Gasteiger partial charge in [-0.1, -0.05) is 20.3 Å². The smallest absolute Gasteiger partial charge is 0.326 e. The van der Waals surface area contributed by atoms with Crippen LogP contribution in [0.2, 0.25) is 0 Å². The van der Waals surface area contributed by atoms with Crippen LogP contribution in [0.1, 0.15) is 33.1 Å². The number of aliphatic carboxylic acids is 1. The van der Waals surface area contributed by atoms with Crippen molar-refractivity contribution in [3.05, 3.63) is 0 Å². The van der Waals surface area contributed by atoms with Gasteiger partial charge in [0.1, 0.15) is 6.04 Å². The zero-order valence-electron chi connectivity index (χ0n) is 11.2. The topological polar surface area (TPSA) is 108 Å². The fourth-order valence-electron chi connectivity index (χ4n) is 1.54. The van der Waals surface area contributed by atoms with E-state index < -0.39 is 18.0 Å². The summed E-state index contributed by atoms with van der Waals surface area (Å²) < 4.78 is 0. The molecular formula is C12H21N3O4. The highest BCUT2D eigenvalue weighted by molar-refractivity contribution is 5.86. The Morgan fingerprint density at radius 2 is 1.95 bits per heavy atom. The largest absolute Gasteiger partial charge is 0.480 e. The summed E-state index contributed by atoms with van der Waals surface area (Å²) in [6.45, 7) is 3.46. The minimum absolute atomic E-state index is 0.144. The Balaban J connectivity index is 2.30. The Morgan fingerprint density at radius 3 is 2.42 bits per heavy atom. The van der Waals surface area contributed by atoms with Crippen molar-refractivity contribution < 1.29 is 19.5 Å². The number of hydrogen-bond donors (Lipinski definition) is 4. The molecule has 3 amide bonds. The van der Waals surface area contributed by atoms with Crippen molar-refractivity contribution in [2.24, 2.45) is 5.92 Å². The first kappa shape index (κ1) is 15.3. The van der Waals surface area contributed by atoms with Crippen molar-refractivity contribution in [2.75, 3.05) is 6.54 Å². The predicted molar refractivity (Wildman–Crippen MR) is 68.6 cm³/mol. The maximum absolute atomic E-state index is 11.5. The molecule has 0 aromatic rings. The van der Waals surface area contributed by atoms with Crippen LogP contribution in [-0.2, 0) is 9.59 Å². The Labute approximate surface area is 112 Å². The van der Waals surface area contributed by atoms with Crippen molar-refractivity contribution in [2.45, 2.75) is 45.2 Å². The second kappa shape index (κ2) is 6.96. The molecule has 0 bridgehead atoms. The standard InChI is InChI=1S/C12H21N3O4/c1-3-7(2)10(11(17)18)15-12(19)13-6-9(16)14-8-4-5-8/h7-8,10H,3-6H2,1-2H3,(H,14,16)(H,17,18)(H2,13,15,19). The minimum Gasteiger partial charge on any atom is -0.480 e. The third-order valence-corrected chi connectivity index (χ3v) is 3.12. The lowest BCUT2D eigenvalue weighted by Crippen LogP contribution is -2.50. The Hall–Kier alpha value is -1.79. The van der Waals surface area contributed by atoms with Crippen LogP contribution in [0.5, 0.6) is 0 Å². The van der Waals surface area contributed by atoms with Gasteiger partial charge in [0.05, 0.1) is 6.54 Å². The molecule has 0 saturated heterocycles. The lowest BCUT2D eigenvalue weighted by Gasteiger charge is -2.20. The van der Waals surface area contributed by atoms with E-state index in [1.54, 1.807) is 6.92 Å². The van der Waals surface area contributed by atoms with E-state index in [4.69, 9.17) is 5.11 Å². The van der Waals surface area contributed by atoms with Crippen LogP contribution < -0.4 is 16.0 Å². The number of hydrogen-bond acceptors (Lipinski definition) is 3. The highest BCUT2D eigenvalue weighted by atomic mass is 16.4. The molecule has 108 valence electrons. The summed E-state index contributed by atoms with van der Waals surface area (Å²) in [5.74, 6) is -1.51. The molecule has 0 radical (unpaired) electrons. The quantitative estimate of drug-likeness (QED) is 0.525. The monoisotopic (exact) mass is 271 g/mol. The van der Waals surface area contributed by atoms with E-state index in [2.05, 4.69) is 16.0 Å². The Morgan fingerprint density at radius 1 is 1.32 bits per heavy atom. The Kier molecular flexibility index (Phi) is 5.59. The summed E-state index contributed by atoms with van der Waals surface area (Å²) >= 11 is 0. The molecule has 0 aromatic carbocycles. The SMILES string of the molecule is CCC(C)C(NC(=O)NCC(=O)NC1CC1)C(=O)O. The second-order valence-electron chi connectivity index (χ2n) is 4.87. The number of rotatable bonds is 7. The summed E-state index contributed by atoms with van der Waals surface area (Å²) in [6, 6.07) is -1.35. The van der Waals surface area contributed by atoms with Gasteiger partial charge < -0.3 is 21.1 Å². The number of carboxylic acid groups (broad SMARTS) is 1. The van der Waals surface area contributed by atoms with E-state index in [9.17, 15) is 14.4 Å². The van der Waals surface area contributed by atoms with Gasteiger partial charge in [-0.25, -0.2) is 9.59 Å². The molecule has 2 unspecified atom stereocenters. The maximum atomic E-state index is 11.5. The highest BCUT2D eigenvalue weighted by Gasteiger charge is 2.26. The lowest BCUT2D eigenvalue weighted by atomic mass is 9.99. The normalized spacial score (nSPS) is 17.2. The van der Waals surface area contributed by atoms with E-state index in [1.807, 2.05) is 6.92 Å². The first-order valence-electron chi connectivity index (χ1n) is 6.50. The van der Waals surface area contributed by atoms with Gasteiger partial charge in [0.25, 0.3) is 0 Å². The van der Waals surface area contributed by atoms with Gasteiger partial charge in [0, 0.05) is 6.04 Å². The van der Waals surface area contributed by atoms with Gasteiger partial charge in [-0.05, 0) is 18.8 Å². The van der Waals surface area contributed by atoms with Crippen LogP contribution in [0.25, 0.3) is 0 Å². The molecule has 2 atom stereocenters. The van der Waals surface area contributed by atoms with Crippen molar-refractivity contribution in [1.82, 2.24) is 16.0 Å². The first-order valence-corrected chi connectivity index (χ1v) is 6.50. The number of nitrogens with one attached hydrogen (secondary N) is 3. The van der Waals surface area contributed by atoms with Gasteiger partial charge >= 0.3 is 12.0 Å². The van der Waals surface area contributed by atoms with Crippen LogP contribution in [0.3, 0.4) is 0 Å². The van der Waals surface area contributed by atoms with Gasteiger partial charge in [0.15, 0.2) is 0 Å². The third kappa shape index (κ3) is 5.58. The van der Waals surface area contributed by atoms with Crippen LogP contribution in [0.4, 0.5) is 4.79 Å². The third-order valence-electron chi connectivity index (χ3n) is 3.12. The van der Waals surface area contributed by atoms with Crippen molar-refractivity contribution in [3.8, 4) is 0 Å². The summed E-state index contributed by atoms with van der Waals surface area (Å²) in [4.78, 5) is 33.9. The minimum atomic E-state index is -1.08. The molecule has 0 aromatic heterocycles. The van der Waals surface area contributed by atoms with Crippen molar-refractivity contribution in [1.29, 1.82) is 0 Å². The van der Waals surface area contributed by atoms with E-state index in [0.717, 1.165) is 12.8 Å². The van der Waals surface area contributed by atoms with E-state index in [0.29, 0.717) is 6.42 Å². The van der Waals surface area contributed by atoms with Crippen LogP contribution in [-0.4, -0.2) is 41.6 Å². The highest BCUT2D eigenvalue weighted by Crippen LogP contribution is 2.18. The number of amides is 3. The van der Waals surface area contributed by atoms with Gasteiger partial charge in [-0.15, -0.1) is 0 Å². The molecule has 0 heterocycles. The van der Waals surface area contributed by atoms with Gasteiger partial charge in [-0.3, -0.25) is 4.79 Å². The van der Waals surface area contributed by atoms with E-state index in [1.165, 1.54) is 0 Å². The molecule has 7 heteroatoms. The summed E-state index contributed by atoms with van der Waals surface area (Å²) in [7, 11) is 0. The van der Waals surface area contributed by atoms with E-state index in [-0.39, 0.29) is 24.4 Å². The van der Waals surface area contributed by atoms with E-state index >= 15 is 0 Å². The fraction of sp³-hybridized carbons (Fsp3) is 0.750. The molecule has 1 fully saturated rings. The molecule has 0 spiro atoms. The van der Waals surface area contributed by atoms with Gasteiger partial charge in [0.2, 0.25) is 5.91 Å². The van der Waals surface area contributed by atoms with Gasteiger partial charge in [-0.2, -0.15) is 0 Å². The van der Waals surface area contributed by atoms with Crippen LogP contribution in [0, 0.1) is 5.92 Å². The summed E-state index contributed by atoms with van der Waals surface area (Å²) in [5, 5.41) is 16.4. The molecule has 1 aliphatic rings. The summed E-state index contributed by atoms with van der Waals surface area (Å²) in [5.41, 5.74) is 0. The number of carbonyl (C=O) groups excluding carboxylic acids is 2. The molecular weight excluding hydrogens is 250 g/mol. The molecule has 7 nitrogen and oxygen atoms in total. The number of carbonyl (C=O) groups is 3. The molecule has 1 aliphatic carbocycles. The first-order chi connectivity index (χ1) is 8.93. The molecule has 1 rings (SSSR count). The average molecular weight is 271 g/mol. The average Bonchev–Trinajstić information content (AvgIpc) is 3.16. The molecule has 1 saturated carbocycles. The lowest BCUT2D eigenvalue weighted by molar-refractivity contribution is -0.140. The van der Waals surface area contributed by atoms with Crippen molar-refractivity contribution >= 4 is 17.9 Å². The van der Waals surface area contributed by atoms with Crippen LogP contribution in [0.15, 0.2) is 0 Å². The molecule has 19 heavy (non-hydrogen) atoms. The molecule has 0 aliphatic heterocycles. The number of urea groups is 1. The van der Waals surface area contributed by atoms with Crippen molar-refractivity contribution in [3.63, 3.8) is 0 Å². The summed E-state index contributed by atoms with van der Waals surface area (Å²) in [6.07, 6.45) is 2.60. The second-order valence-corrected chi connectivity index (χ2v) is 4.87. The maximum Gasteiger partial charge on any atom is 0.326 e. The number of carboxylic acids is 1. The molecule has 4 N–H and O–H groups in total. The van der Waals surface area contributed by atoms with Crippen LogP contribution >= 0.6 is 0 Å². The zero-order chi connectivity index (χ0) is 14.4.